The molecule has 3 rings (SSSR count). The van der Waals surface area contributed by atoms with Gasteiger partial charge in [0.1, 0.15) is 5.75 Å². The molecular weight excluding hydrogens is 292 g/mol. The first kappa shape index (κ1) is 15.4. The first-order valence-electron chi connectivity index (χ1n) is 7.63. The molecule has 1 unspecified atom stereocenters. The topological polar surface area (TPSA) is 61.8 Å². The van der Waals surface area contributed by atoms with Crippen molar-refractivity contribution in [3.05, 3.63) is 54.1 Å². The molecule has 1 amide bonds. The van der Waals surface area contributed by atoms with E-state index in [1.54, 1.807) is 7.11 Å². The van der Waals surface area contributed by atoms with E-state index in [2.05, 4.69) is 5.32 Å². The van der Waals surface area contributed by atoms with Crippen LogP contribution >= 0.6 is 0 Å². The highest BCUT2D eigenvalue weighted by Crippen LogP contribution is 2.30. The molecular formula is C18H20N2O3. The molecule has 0 saturated carbocycles. The second kappa shape index (κ2) is 6.71. The molecule has 0 radical (unpaired) electrons. The molecule has 0 fully saturated rings. The van der Waals surface area contributed by atoms with Gasteiger partial charge in [0.2, 0.25) is 5.91 Å². The summed E-state index contributed by atoms with van der Waals surface area (Å²) in [6.07, 6.45) is -0.258. The first-order chi connectivity index (χ1) is 11.2. The van der Waals surface area contributed by atoms with Crippen molar-refractivity contribution in [2.45, 2.75) is 12.5 Å². The van der Waals surface area contributed by atoms with Crippen LogP contribution in [0.15, 0.2) is 48.5 Å². The Morgan fingerprint density at radius 1 is 1.26 bits per heavy atom. The molecule has 2 aromatic carbocycles. The average Bonchev–Trinajstić information content (AvgIpc) is 2.74. The third-order valence-corrected chi connectivity index (χ3v) is 4.00. The molecule has 1 atom stereocenters. The second-order valence-corrected chi connectivity index (χ2v) is 5.55. The summed E-state index contributed by atoms with van der Waals surface area (Å²) in [7, 11) is 1.60. The normalized spacial score (nSPS) is 15.4. The molecule has 5 nitrogen and oxygen atoms in total. The quantitative estimate of drug-likeness (QED) is 0.911. The maximum absolute atomic E-state index is 11.8. The third-order valence-electron chi connectivity index (χ3n) is 4.00. The number of hydrogen-bond donors (Lipinski definition) is 2. The van der Waals surface area contributed by atoms with Gasteiger partial charge in [0.15, 0.2) is 0 Å². The number of nitrogens with one attached hydrogen (secondary N) is 1. The van der Waals surface area contributed by atoms with Crippen LogP contribution in [-0.2, 0) is 4.79 Å². The third kappa shape index (κ3) is 3.46. The Labute approximate surface area is 135 Å². The second-order valence-electron chi connectivity index (χ2n) is 5.55. The lowest BCUT2D eigenvalue weighted by Crippen LogP contribution is -2.29. The number of β-amino-alcohol motifs (C(OH)–C–C–N with tert-alkyl or cyclic N) is 1. The Hall–Kier alpha value is -2.53. The molecule has 0 bridgehead atoms. The number of methoxy groups -OCH3 is 1. The maximum Gasteiger partial charge on any atom is 0.226 e. The van der Waals surface area contributed by atoms with E-state index in [1.165, 1.54) is 0 Å². The number of hydrogen-bond acceptors (Lipinski definition) is 4. The van der Waals surface area contributed by atoms with Crippen molar-refractivity contribution >= 4 is 17.3 Å². The Morgan fingerprint density at radius 2 is 2.09 bits per heavy atom. The SMILES string of the molecule is COc1cccc(C(O)CN2CCC(=O)Nc3ccccc32)c1. The van der Waals surface area contributed by atoms with Gasteiger partial charge in [-0.15, -0.1) is 0 Å². The van der Waals surface area contributed by atoms with Gasteiger partial charge in [0, 0.05) is 19.5 Å². The molecule has 1 aliphatic rings. The largest absolute Gasteiger partial charge is 0.497 e. The summed E-state index contributed by atoms with van der Waals surface area (Å²) in [4.78, 5) is 13.9. The van der Waals surface area contributed by atoms with Crippen LogP contribution in [0.3, 0.4) is 0 Å². The lowest BCUT2D eigenvalue weighted by Gasteiger charge is -2.27. The van der Waals surface area contributed by atoms with Crippen LogP contribution in [0.5, 0.6) is 5.75 Å². The van der Waals surface area contributed by atoms with E-state index in [0.29, 0.717) is 19.5 Å². The molecule has 0 spiro atoms. The number of carbonyl (C=O) groups excluding carboxylic acids is 1. The average molecular weight is 312 g/mol. The lowest BCUT2D eigenvalue weighted by atomic mass is 10.1. The Bertz CT molecular complexity index is 702. The number of para-hydroxylation sites is 2. The van der Waals surface area contributed by atoms with Crippen LogP contribution in [0, 0.1) is 0 Å². The van der Waals surface area contributed by atoms with E-state index in [9.17, 15) is 9.90 Å². The highest BCUT2D eigenvalue weighted by atomic mass is 16.5. The number of fused-ring (bicyclic) bond motifs is 1. The van der Waals surface area contributed by atoms with Gasteiger partial charge in [-0.1, -0.05) is 24.3 Å². The number of nitrogens with zero attached hydrogens (tertiary/aromatic N) is 1. The Balaban J connectivity index is 1.82. The van der Waals surface area contributed by atoms with E-state index in [-0.39, 0.29) is 5.91 Å². The number of amides is 1. The summed E-state index contributed by atoms with van der Waals surface area (Å²) < 4.78 is 5.21. The lowest BCUT2D eigenvalue weighted by molar-refractivity contribution is -0.116. The number of rotatable bonds is 4. The summed E-state index contributed by atoms with van der Waals surface area (Å²) in [5.41, 5.74) is 2.51. The monoisotopic (exact) mass is 312 g/mol. The van der Waals surface area contributed by atoms with Crippen LogP contribution in [0.2, 0.25) is 0 Å². The Kier molecular flexibility index (Phi) is 4.48. The predicted octanol–water partition coefficient (Wildman–Crippen LogP) is 2.58. The van der Waals surface area contributed by atoms with Crippen molar-refractivity contribution in [3.8, 4) is 5.75 Å². The van der Waals surface area contributed by atoms with Gasteiger partial charge in [0.25, 0.3) is 0 Å². The zero-order chi connectivity index (χ0) is 16.2. The smallest absolute Gasteiger partial charge is 0.226 e. The fraction of sp³-hybridized carbons (Fsp3) is 0.278. The number of aliphatic hydroxyl groups excluding tert-OH is 1. The molecule has 1 aliphatic heterocycles. The van der Waals surface area contributed by atoms with E-state index >= 15 is 0 Å². The number of carbonyl (C=O) groups is 1. The summed E-state index contributed by atoms with van der Waals surface area (Å²) in [6.45, 7) is 0.989. The van der Waals surface area contributed by atoms with Gasteiger partial charge >= 0.3 is 0 Å². The summed E-state index contributed by atoms with van der Waals surface area (Å²) in [5, 5.41) is 13.5. The zero-order valence-electron chi connectivity index (χ0n) is 13.0. The fourth-order valence-electron chi connectivity index (χ4n) is 2.78. The van der Waals surface area contributed by atoms with Crippen molar-refractivity contribution in [2.75, 3.05) is 30.4 Å². The van der Waals surface area contributed by atoms with E-state index in [0.717, 1.165) is 22.7 Å². The van der Waals surface area contributed by atoms with Gasteiger partial charge in [-0.2, -0.15) is 0 Å². The number of aliphatic hydroxyl groups is 1. The van der Waals surface area contributed by atoms with Crippen molar-refractivity contribution in [3.63, 3.8) is 0 Å². The molecule has 120 valence electrons. The minimum Gasteiger partial charge on any atom is -0.497 e. The Morgan fingerprint density at radius 3 is 2.91 bits per heavy atom. The van der Waals surface area contributed by atoms with E-state index in [1.807, 2.05) is 53.4 Å². The van der Waals surface area contributed by atoms with Crippen LogP contribution in [0.25, 0.3) is 0 Å². The van der Waals surface area contributed by atoms with Gasteiger partial charge in [-0.05, 0) is 29.8 Å². The van der Waals surface area contributed by atoms with Crippen molar-refractivity contribution in [2.24, 2.45) is 0 Å². The van der Waals surface area contributed by atoms with E-state index in [4.69, 9.17) is 4.74 Å². The summed E-state index contributed by atoms with van der Waals surface area (Å²) in [6, 6.07) is 15.1. The summed E-state index contributed by atoms with van der Waals surface area (Å²) >= 11 is 0. The molecule has 0 saturated heterocycles. The van der Waals surface area contributed by atoms with Gasteiger partial charge in [-0.3, -0.25) is 4.79 Å². The number of ether oxygens (including phenoxy) is 1. The predicted molar refractivity (Wildman–Crippen MR) is 89.9 cm³/mol. The number of anilines is 2. The van der Waals surface area contributed by atoms with Crippen LogP contribution < -0.4 is 15.0 Å². The molecule has 23 heavy (non-hydrogen) atoms. The zero-order valence-corrected chi connectivity index (χ0v) is 13.0. The molecule has 0 aromatic heterocycles. The van der Waals surface area contributed by atoms with Crippen LogP contribution in [-0.4, -0.2) is 31.2 Å². The minimum atomic E-state index is -0.661. The highest BCUT2D eigenvalue weighted by molar-refractivity contribution is 5.96. The van der Waals surface area contributed by atoms with Crippen LogP contribution in [0.1, 0.15) is 18.1 Å². The first-order valence-corrected chi connectivity index (χ1v) is 7.63. The molecule has 2 N–H and O–H groups in total. The maximum atomic E-state index is 11.8. The van der Waals surface area contributed by atoms with Crippen molar-refractivity contribution in [1.29, 1.82) is 0 Å². The van der Waals surface area contributed by atoms with Crippen LogP contribution in [0.4, 0.5) is 11.4 Å². The van der Waals surface area contributed by atoms with E-state index < -0.39 is 6.10 Å². The summed E-state index contributed by atoms with van der Waals surface area (Å²) in [5.74, 6) is 0.713. The van der Waals surface area contributed by atoms with Crippen molar-refractivity contribution < 1.29 is 14.6 Å². The molecule has 0 aliphatic carbocycles. The molecule has 5 heteroatoms. The van der Waals surface area contributed by atoms with Crippen molar-refractivity contribution in [1.82, 2.24) is 0 Å². The molecule has 2 aromatic rings. The minimum absolute atomic E-state index is 0.00387. The molecule has 1 heterocycles. The van der Waals surface area contributed by atoms with Gasteiger partial charge in [0.05, 0.1) is 24.6 Å². The van der Waals surface area contributed by atoms with Gasteiger partial charge < -0.3 is 20.1 Å². The van der Waals surface area contributed by atoms with Gasteiger partial charge in [-0.25, -0.2) is 0 Å². The standard InChI is InChI=1S/C18H20N2O3/c1-23-14-6-4-5-13(11-14)17(21)12-20-10-9-18(22)19-15-7-2-3-8-16(15)20/h2-8,11,17,21H,9-10,12H2,1H3,(H,19,22). The highest BCUT2D eigenvalue weighted by Gasteiger charge is 2.21. The fourth-order valence-corrected chi connectivity index (χ4v) is 2.78. The number of benzene rings is 2.